The Balaban J connectivity index is 2.91. The predicted octanol–water partition coefficient (Wildman–Crippen LogP) is 2.67. The van der Waals surface area contributed by atoms with E-state index in [1.165, 1.54) is 17.3 Å². The zero-order valence-corrected chi connectivity index (χ0v) is 9.64. The highest BCUT2D eigenvalue weighted by Crippen LogP contribution is 2.16. The Hall–Kier alpha value is -1.47. The molecular formula is C11H13N3S. The van der Waals surface area contributed by atoms with E-state index >= 15 is 0 Å². The van der Waals surface area contributed by atoms with Crippen molar-refractivity contribution < 1.29 is 0 Å². The molecule has 1 aromatic carbocycles. The van der Waals surface area contributed by atoms with Crippen LogP contribution in [-0.2, 0) is 6.42 Å². The van der Waals surface area contributed by atoms with Crippen molar-refractivity contribution in [1.29, 1.82) is 5.26 Å². The minimum Gasteiger partial charge on any atom is -0.271 e. The van der Waals surface area contributed by atoms with Gasteiger partial charge in [0, 0.05) is 0 Å². The number of hydrogen-bond acceptors (Lipinski definition) is 3. The summed E-state index contributed by atoms with van der Waals surface area (Å²) in [5.74, 6) is 0. The fraction of sp³-hybridized carbons (Fsp3) is 0.273. The lowest BCUT2D eigenvalue weighted by Crippen LogP contribution is -2.12. The third kappa shape index (κ3) is 3.64. The number of rotatable bonds is 2. The molecular weight excluding hydrogens is 206 g/mol. The Morgan fingerprint density at radius 1 is 1.60 bits per heavy atom. The zero-order valence-electron chi connectivity index (χ0n) is 8.82. The number of benzene rings is 1. The summed E-state index contributed by atoms with van der Waals surface area (Å²) < 4.78 is 0. The van der Waals surface area contributed by atoms with Gasteiger partial charge in [0.2, 0.25) is 0 Å². The maximum absolute atomic E-state index is 8.49. The van der Waals surface area contributed by atoms with Crippen LogP contribution in [0, 0.1) is 11.5 Å². The molecule has 4 heteroatoms. The normalized spacial score (nSPS) is 10.9. The average molecular weight is 219 g/mol. The molecule has 0 aliphatic carbocycles. The largest absolute Gasteiger partial charge is 0.271 e. The molecule has 0 unspecified atom stereocenters. The molecule has 0 aromatic heterocycles. The van der Waals surface area contributed by atoms with Crippen LogP contribution in [0.15, 0.2) is 29.3 Å². The first-order valence-corrected chi connectivity index (χ1v) is 5.89. The van der Waals surface area contributed by atoms with Crippen LogP contribution in [0.1, 0.15) is 12.5 Å². The third-order valence-corrected chi connectivity index (χ3v) is 2.49. The molecule has 0 bridgehead atoms. The first-order valence-electron chi connectivity index (χ1n) is 4.67. The van der Waals surface area contributed by atoms with E-state index in [9.17, 15) is 0 Å². The van der Waals surface area contributed by atoms with Crippen molar-refractivity contribution >= 4 is 22.6 Å². The number of nitrogens with zero attached hydrogens (tertiary/aromatic N) is 2. The molecule has 0 heterocycles. The molecule has 78 valence electrons. The monoisotopic (exact) mass is 219 g/mol. The van der Waals surface area contributed by atoms with Crippen LogP contribution in [0.5, 0.6) is 0 Å². The molecule has 1 rings (SSSR count). The second-order valence-corrected chi connectivity index (χ2v) is 3.68. The van der Waals surface area contributed by atoms with Crippen LogP contribution in [-0.4, -0.2) is 11.4 Å². The minimum absolute atomic E-state index is 0.616. The number of amidine groups is 1. The molecule has 0 atom stereocenters. The number of aryl methyl sites for hydroxylation is 1. The van der Waals surface area contributed by atoms with Gasteiger partial charge in [0.05, 0.1) is 5.69 Å². The quantitative estimate of drug-likeness (QED) is 0.360. The van der Waals surface area contributed by atoms with Crippen molar-refractivity contribution in [3.8, 4) is 6.19 Å². The lowest BCUT2D eigenvalue weighted by atomic mass is 10.1. The molecule has 0 radical (unpaired) electrons. The van der Waals surface area contributed by atoms with Gasteiger partial charge in [-0.1, -0.05) is 30.8 Å². The SMILES string of the molecule is CCc1cccc(N=C(NC#N)SC)c1. The Labute approximate surface area is 94.2 Å². The summed E-state index contributed by atoms with van der Waals surface area (Å²) in [5.41, 5.74) is 2.12. The summed E-state index contributed by atoms with van der Waals surface area (Å²) in [4.78, 5) is 4.32. The van der Waals surface area contributed by atoms with Crippen molar-refractivity contribution in [1.82, 2.24) is 5.32 Å². The zero-order chi connectivity index (χ0) is 11.1. The van der Waals surface area contributed by atoms with Crippen LogP contribution in [0.25, 0.3) is 0 Å². The Morgan fingerprint density at radius 3 is 3.00 bits per heavy atom. The van der Waals surface area contributed by atoms with E-state index in [4.69, 9.17) is 5.26 Å². The molecule has 0 saturated carbocycles. The van der Waals surface area contributed by atoms with E-state index in [1.807, 2.05) is 30.6 Å². The van der Waals surface area contributed by atoms with Crippen molar-refractivity contribution in [2.75, 3.05) is 6.26 Å². The fourth-order valence-corrected chi connectivity index (χ4v) is 1.48. The van der Waals surface area contributed by atoms with Crippen LogP contribution in [0.3, 0.4) is 0 Å². The van der Waals surface area contributed by atoms with E-state index in [2.05, 4.69) is 23.3 Å². The number of nitriles is 1. The van der Waals surface area contributed by atoms with Crippen LogP contribution < -0.4 is 5.32 Å². The van der Waals surface area contributed by atoms with Gasteiger partial charge in [0.1, 0.15) is 0 Å². The number of hydrogen-bond donors (Lipinski definition) is 1. The highest BCUT2D eigenvalue weighted by molar-refractivity contribution is 8.13. The Bertz CT molecular complexity index is 393. The van der Waals surface area contributed by atoms with Crippen molar-refractivity contribution in [3.05, 3.63) is 29.8 Å². The maximum atomic E-state index is 8.49. The van der Waals surface area contributed by atoms with Crippen molar-refractivity contribution in [2.45, 2.75) is 13.3 Å². The van der Waals surface area contributed by atoms with Gasteiger partial charge in [-0.15, -0.1) is 0 Å². The van der Waals surface area contributed by atoms with Crippen molar-refractivity contribution in [3.63, 3.8) is 0 Å². The highest BCUT2D eigenvalue weighted by atomic mass is 32.2. The molecule has 0 fully saturated rings. The van der Waals surface area contributed by atoms with E-state index in [0.717, 1.165) is 12.1 Å². The topological polar surface area (TPSA) is 48.2 Å². The number of aliphatic imine (C=N–C) groups is 1. The van der Waals surface area contributed by atoms with Crippen molar-refractivity contribution in [2.24, 2.45) is 4.99 Å². The summed E-state index contributed by atoms with van der Waals surface area (Å²) in [5, 5.41) is 11.6. The lowest BCUT2D eigenvalue weighted by molar-refractivity contribution is 1.14. The van der Waals surface area contributed by atoms with Crippen LogP contribution >= 0.6 is 11.8 Å². The first kappa shape index (κ1) is 11.6. The number of nitrogens with one attached hydrogen (secondary N) is 1. The van der Waals surface area contributed by atoms with Gasteiger partial charge in [-0.25, -0.2) is 4.99 Å². The van der Waals surface area contributed by atoms with Gasteiger partial charge < -0.3 is 0 Å². The number of thioether (sulfide) groups is 1. The van der Waals surface area contributed by atoms with E-state index in [-0.39, 0.29) is 0 Å². The van der Waals surface area contributed by atoms with Gasteiger partial charge in [0.25, 0.3) is 0 Å². The molecule has 3 nitrogen and oxygen atoms in total. The van der Waals surface area contributed by atoms with Gasteiger partial charge in [-0.05, 0) is 30.4 Å². The summed E-state index contributed by atoms with van der Waals surface area (Å²) >= 11 is 1.42. The van der Waals surface area contributed by atoms with Crippen LogP contribution in [0.4, 0.5) is 5.69 Å². The van der Waals surface area contributed by atoms with Gasteiger partial charge in [-0.2, -0.15) is 5.26 Å². The second kappa shape index (κ2) is 6.10. The van der Waals surface area contributed by atoms with E-state index < -0.39 is 0 Å². The summed E-state index contributed by atoms with van der Waals surface area (Å²) in [6.45, 7) is 2.10. The Kier molecular flexibility index (Phi) is 4.72. The van der Waals surface area contributed by atoms with E-state index in [1.54, 1.807) is 0 Å². The standard InChI is InChI=1S/C11H13N3S/c1-3-9-5-4-6-10(7-9)14-11(15-2)13-8-12/h4-7H,3H2,1-2H3,(H,13,14). The minimum atomic E-state index is 0.616. The first-order chi connectivity index (χ1) is 7.30. The molecule has 0 saturated heterocycles. The predicted molar refractivity (Wildman–Crippen MR) is 65.2 cm³/mol. The molecule has 1 N–H and O–H groups in total. The van der Waals surface area contributed by atoms with E-state index in [0.29, 0.717) is 5.17 Å². The molecule has 1 aromatic rings. The van der Waals surface area contributed by atoms with Gasteiger partial charge in [-0.3, -0.25) is 5.32 Å². The second-order valence-electron chi connectivity index (χ2n) is 2.88. The van der Waals surface area contributed by atoms with Gasteiger partial charge >= 0.3 is 0 Å². The summed E-state index contributed by atoms with van der Waals surface area (Å²) in [6, 6.07) is 7.99. The molecule has 0 aliphatic heterocycles. The summed E-state index contributed by atoms with van der Waals surface area (Å²) in [7, 11) is 0. The van der Waals surface area contributed by atoms with Gasteiger partial charge in [0.15, 0.2) is 11.4 Å². The molecule has 15 heavy (non-hydrogen) atoms. The Morgan fingerprint density at radius 2 is 2.40 bits per heavy atom. The molecule has 0 spiro atoms. The lowest BCUT2D eigenvalue weighted by Gasteiger charge is -2.01. The average Bonchev–Trinajstić information content (AvgIpc) is 2.29. The molecule has 0 amide bonds. The maximum Gasteiger partial charge on any atom is 0.183 e. The third-order valence-electron chi connectivity index (χ3n) is 1.91. The molecule has 0 aliphatic rings. The highest BCUT2D eigenvalue weighted by Gasteiger charge is 1.96. The smallest absolute Gasteiger partial charge is 0.183 e. The fourth-order valence-electron chi connectivity index (χ4n) is 1.14. The summed E-state index contributed by atoms with van der Waals surface area (Å²) in [6.07, 6.45) is 4.74. The van der Waals surface area contributed by atoms with Crippen LogP contribution in [0.2, 0.25) is 0 Å².